The SMILES string of the molecule is COc1ccc(C(=O)N2CCCC(OCc3ccccc3C)C2)cc1. The van der Waals surface area contributed by atoms with E-state index in [0.717, 1.165) is 25.1 Å². The molecule has 132 valence electrons. The summed E-state index contributed by atoms with van der Waals surface area (Å²) in [5, 5.41) is 0. The van der Waals surface area contributed by atoms with Crippen LogP contribution in [0.2, 0.25) is 0 Å². The van der Waals surface area contributed by atoms with Gasteiger partial charge in [-0.3, -0.25) is 4.79 Å². The minimum absolute atomic E-state index is 0.0619. The number of piperidine rings is 1. The van der Waals surface area contributed by atoms with Gasteiger partial charge in [0.25, 0.3) is 5.91 Å². The summed E-state index contributed by atoms with van der Waals surface area (Å²) >= 11 is 0. The molecule has 1 heterocycles. The first-order valence-corrected chi connectivity index (χ1v) is 8.77. The average Bonchev–Trinajstić information content (AvgIpc) is 2.67. The Morgan fingerprint density at radius 3 is 2.64 bits per heavy atom. The Hall–Kier alpha value is -2.33. The van der Waals surface area contributed by atoms with E-state index in [-0.39, 0.29) is 12.0 Å². The van der Waals surface area contributed by atoms with Crippen LogP contribution in [0.1, 0.15) is 34.3 Å². The van der Waals surface area contributed by atoms with Crippen molar-refractivity contribution in [1.82, 2.24) is 4.90 Å². The molecule has 0 aliphatic carbocycles. The number of methoxy groups -OCH3 is 1. The molecular weight excluding hydrogens is 314 g/mol. The van der Waals surface area contributed by atoms with Gasteiger partial charge in [-0.05, 0) is 55.2 Å². The second kappa shape index (κ2) is 8.17. The number of likely N-dealkylation sites (tertiary alicyclic amines) is 1. The lowest BCUT2D eigenvalue weighted by atomic mass is 10.1. The zero-order valence-electron chi connectivity index (χ0n) is 14.9. The fourth-order valence-corrected chi connectivity index (χ4v) is 3.15. The van der Waals surface area contributed by atoms with Gasteiger partial charge < -0.3 is 14.4 Å². The highest BCUT2D eigenvalue weighted by molar-refractivity contribution is 5.94. The number of amides is 1. The van der Waals surface area contributed by atoms with Gasteiger partial charge >= 0.3 is 0 Å². The van der Waals surface area contributed by atoms with Crippen molar-refractivity contribution < 1.29 is 14.3 Å². The van der Waals surface area contributed by atoms with Crippen molar-refractivity contribution in [3.63, 3.8) is 0 Å². The van der Waals surface area contributed by atoms with Crippen LogP contribution in [0, 0.1) is 6.92 Å². The van der Waals surface area contributed by atoms with Crippen LogP contribution in [-0.2, 0) is 11.3 Å². The topological polar surface area (TPSA) is 38.8 Å². The first-order valence-electron chi connectivity index (χ1n) is 8.77. The number of benzene rings is 2. The largest absolute Gasteiger partial charge is 0.497 e. The number of aryl methyl sites for hydroxylation is 1. The van der Waals surface area contributed by atoms with E-state index in [2.05, 4.69) is 19.1 Å². The Kier molecular flexibility index (Phi) is 5.71. The summed E-state index contributed by atoms with van der Waals surface area (Å²) in [6, 6.07) is 15.5. The van der Waals surface area contributed by atoms with Crippen molar-refractivity contribution >= 4 is 5.91 Å². The van der Waals surface area contributed by atoms with Crippen LogP contribution in [0.15, 0.2) is 48.5 Å². The summed E-state index contributed by atoms with van der Waals surface area (Å²) in [7, 11) is 1.62. The maximum atomic E-state index is 12.7. The standard InChI is InChI=1S/C21H25NO3/c1-16-6-3-4-7-18(16)15-25-20-8-5-13-22(14-20)21(23)17-9-11-19(24-2)12-10-17/h3-4,6-7,9-12,20H,5,8,13-15H2,1-2H3. The highest BCUT2D eigenvalue weighted by atomic mass is 16.5. The summed E-state index contributed by atoms with van der Waals surface area (Å²) in [6.45, 7) is 4.13. The molecule has 1 aliphatic heterocycles. The zero-order valence-corrected chi connectivity index (χ0v) is 14.9. The smallest absolute Gasteiger partial charge is 0.253 e. The van der Waals surface area contributed by atoms with E-state index in [4.69, 9.17) is 9.47 Å². The highest BCUT2D eigenvalue weighted by Gasteiger charge is 2.25. The van der Waals surface area contributed by atoms with Crippen LogP contribution >= 0.6 is 0 Å². The molecule has 0 bridgehead atoms. The van der Waals surface area contributed by atoms with Crippen LogP contribution in [-0.4, -0.2) is 37.1 Å². The summed E-state index contributed by atoms with van der Waals surface area (Å²) in [5.74, 6) is 0.821. The van der Waals surface area contributed by atoms with Crippen LogP contribution < -0.4 is 4.74 Å². The van der Waals surface area contributed by atoms with Crippen LogP contribution in [0.25, 0.3) is 0 Å². The number of nitrogens with zero attached hydrogens (tertiary/aromatic N) is 1. The molecule has 4 heteroatoms. The van der Waals surface area contributed by atoms with Crippen molar-refractivity contribution in [3.8, 4) is 5.75 Å². The predicted octanol–water partition coefficient (Wildman–Crippen LogP) is 3.83. The van der Waals surface area contributed by atoms with Crippen molar-refractivity contribution in [1.29, 1.82) is 0 Å². The molecule has 0 saturated carbocycles. The predicted molar refractivity (Wildman–Crippen MR) is 97.9 cm³/mol. The molecule has 1 amide bonds. The molecule has 2 aromatic rings. The second-order valence-corrected chi connectivity index (χ2v) is 6.48. The lowest BCUT2D eigenvalue weighted by Crippen LogP contribution is -2.43. The Morgan fingerprint density at radius 1 is 1.16 bits per heavy atom. The lowest BCUT2D eigenvalue weighted by molar-refractivity contribution is -0.00688. The number of rotatable bonds is 5. The number of ether oxygens (including phenoxy) is 2. The van der Waals surface area contributed by atoms with Crippen LogP contribution in [0.4, 0.5) is 0 Å². The van der Waals surface area contributed by atoms with E-state index >= 15 is 0 Å². The molecule has 1 unspecified atom stereocenters. The van der Waals surface area contributed by atoms with Crippen LogP contribution in [0.3, 0.4) is 0 Å². The molecule has 3 rings (SSSR count). The van der Waals surface area contributed by atoms with Gasteiger partial charge in [0.1, 0.15) is 5.75 Å². The van der Waals surface area contributed by atoms with Gasteiger partial charge in [0.15, 0.2) is 0 Å². The first-order chi connectivity index (χ1) is 12.2. The minimum Gasteiger partial charge on any atom is -0.497 e. The molecule has 1 saturated heterocycles. The molecule has 25 heavy (non-hydrogen) atoms. The first kappa shape index (κ1) is 17.5. The van der Waals surface area contributed by atoms with E-state index in [9.17, 15) is 4.79 Å². The van der Waals surface area contributed by atoms with Gasteiger partial charge in [-0.1, -0.05) is 24.3 Å². The number of hydrogen-bond acceptors (Lipinski definition) is 3. The third kappa shape index (κ3) is 4.40. The molecular formula is C21H25NO3. The normalized spacial score (nSPS) is 17.4. The van der Waals surface area contributed by atoms with E-state index in [0.29, 0.717) is 18.7 Å². The molecule has 1 fully saturated rings. The molecule has 0 aromatic heterocycles. The third-order valence-corrected chi connectivity index (χ3v) is 4.74. The molecule has 2 aromatic carbocycles. The van der Waals surface area contributed by atoms with Crippen molar-refractivity contribution in [3.05, 3.63) is 65.2 Å². The van der Waals surface area contributed by atoms with Gasteiger partial charge in [-0.25, -0.2) is 0 Å². The number of carbonyl (C=O) groups excluding carboxylic acids is 1. The minimum atomic E-state index is 0.0619. The fourth-order valence-electron chi connectivity index (χ4n) is 3.15. The maximum Gasteiger partial charge on any atom is 0.253 e. The Morgan fingerprint density at radius 2 is 1.92 bits per heavy atom. The summed E-state index contributed by atoms with van der Waals surface area (Å²) < 4.78 is 11.2. The number of hydrogen-bond donors (Lipinski definition) is 0. The summed E-state index contributed by atoms with van der Waals surface area (Å²) in [5.41, 5.74) is 3.14. The number of carbonyl (C=O) groups is 1. The van der Waals surface area contributed by atoms with Crippen LogP contribution in [0.5, 0.6) is 5.75 Å². The molecule has 1 aliphatic rings. The summed E-state index contributed by atoms with van der Waals surface area (Å²) in [4.78, 5) is 14.6. The van der Waals surface area contributed by atoms with Gasteiger partial charge in [0.2, 0.25) is 0 Å². The molecule has 0 radical (unpaired) electrons. The Balaban J connectivity index is 1.58. The summed E-state index contributed by atoms with van der Waals surface area (Å²) in [6.07, 6.45) is 2.06. The van der Waals surface area contributed by atoms with Gasteiger partial charge in [0.05, 0.1) is 19.8 Å². The van der Waals surface area contributed by atoms with Crippen molar-refractivity contribution in [2.45, 2.75) is 32.5 Å². The third-order valence-electron chi connectivity index (χ3n) is 4.74. The fraction of sp³-hybridized carbons (Fsp3) is 0.381. The molecule has 0 spiro atoms. The highest BCUT2D eigenvalue weighted by Crippen LogP contribution is 2.19. The molecule has 0 N–H and O–H groups in total. The zero-order chi connectivity index (χ0) is 17.6. The van der Waals surface area contributed by atoms with Gasteiger partial charge in [-0.15, -0.1) is 0 Å². The van der Waals surface area contributed by atoms with Gasteiger partial charge in [-0.2, -0.15) is 0 Å². The lowest BCUT2D eigenvalue weighted by Gasteiger charge is -2.33. The van der Waals surface area contributed by atoms with E-state index in [1.165, 1.54) is 11.1 Å². The Bertz CT molecular complexity index is 711. The maximum absolute atomic E-state index is 12.7. The molecule has 4 nitrogen and oxygen atoms in total. The van der Waals surface area contributed by atoms with E-state index < -0.39 is 0 Å². The van der Waals surface area contributed by atoms with Crippen molar-refractivity contribution in [2.75, 3.05) is 20.2 Å². The quantitative estimate of drug-likeness (QED) is 0.831. The second-order valence-electron chi connectivity index (χ2n) is 6.48. The van der Waals surface area contributed by atoms with Crippen molar-refractivity contribution in [2.24, 2.45) is 0 Å². The van der Waals surface area contributed by atoms with E-state index in [1.807, 2.05) is 41.3 Å². The monoisotopic (exact) mass is 339 g/mol. The average molecular weight is 339 g/mol. The van der Waals surface area contributed by atoms with Gasteiger partial charge in [0, 0.05) is 18.7 Å². The molecule has 1 atom stereocenters. The van der Waals surface area contributed by atoms with E-state index in [1.54, 1.807) is 7.11 Å². The Labute approximate surface area is 149 Å².